The minimum absolute atomic E-state index is 0.237. The molecule has 0 aliphatic carbocycles. The summed E-state index contributed by atoms with van der Waals surface area (Å²) in [7, 11) is 0. The van der Waals surface area contributed by atoms with Gasteiger partial charge in [-0.1, -0.05) is 23.7 Å². The van der Waals surface area contributed by atoms with Gasteiger partial charge in [-0.25, -0.2) is 4.98 Å². The molecule has 2 heterocycles. The first kappa shape index (κ1) is 17.4. The zero-order valence-electron chi connectivity index (χ0n) is 14.3. The molecule has 0 radical (unpaired) electrons. The minimum atomic E-state index is -0.982. The molecule has 7 heteroatoms. The third kappa shape index (κ3) is 3.75. The summed E-state index contributed by atoms with van der Waals surface area (Å²) in [5.74, 6) is 0.331. The Labute approximate surface area is 160 Å². The third-order valence-electron chi connectivity index (χ3n) is 4.08. The van der Waals surface area contributed by atoms with E-state index in [4.69, 9.17) is 25.5 Å². The fourth-order valence-corrected chi connectivity index (χ4v) is 3.17. The van der Waals surface area contributed by atoms with E-state index in [2.05, 4.69) is 4.98 Å². The molecule has 1 N–H and O–H groups in total. The highest BCUT2D eigenvalue weighted by Crippen LogP contribution is 2.39. The van der Waals surface area contributed by atoms with E-state index in [-0.39, 0.29) is 12.3 Å². The van der Waals surface area contributed by atoms with Crippen LogP contribution >= 0.6 is 11.6 Å². The number of carboxylic acids is 1. The molecule has 4 rings (SSSR count). The topological polar surface area (TPSA) is 81.8 Å². The summed E-state index contributed by atoms with van der Waals surface area (Å²) in [5.41, 5.74) is 2.38. The zero-order valence-corrected chi connectivity index (χ0v) is 15.0. The predicted molar refractivity (Wildman–Crippen MR) is 101 cm³/mol. The molecule has 138 valence electrons. The van der Waals surface area contributed by atoms with Gasteiger partial charge in [0.25, 0.3) is 0 Å². The SMILES string of the molecule is O=C(O)CC(=Cc1cc(Cl)c2c(c1)OCCCO2)c1nc2ccccc2o1. The quantitative estimate of drug-likeness (QED) is 0.703. The lowest BCUT2D eigenvalue weighted by Crippen LogP contribution is -1.98. The molecule has 1 aliphatic heterocycles. The van der Waals surface area contributed by atoms with E-state index in [1.807, 2.05) is 18.2 Å². The molecule has 0 amide bonds. The number of hydrogen-bond acceptors (Lipinski definition) is 5. The summed E-state index contributed by atoms with van der Waals surface area (Å²) < 4.78 is 17.1. The van der Waals surface area contributed by atoms with Crippen molar-refractivity contribution in [1.82, 2.24) is 4.98 Å². The van der Waals surface area contributed by atoms with Crippen molar-refractivity contribution in [1.29, 1.82) is 0 Å². The van der Waals surface area contributed by atoms with Crippen LogP contribution in [-0.4, -0.2) is 29.3 Å². The van der Waals surface area contributed by atoms with Crippen LogP contribution in [0.1, 0.15) is 24.3 Å². The van der Waals surface area contributed by atoms with Gasteiger partial charge < -0.3 is 19.0 Å². The maximum Gasteiger partial charge on any atom is 0.308 e. The molecule has 1 aromatic heterocycles. The van der Waals surface area contributed by atoms with Gasteiger partial charge in [-0.05, 0) is 35.9 Å². The number of carboxylic acid groups (broad SMARTS) is 1. The number of para-hydroxylation sites is 2. The molecule has 27 heavy (non-hydrogen) atoms. The van der Waals surface area contributed by atoms with E-state index < -0.39 is 5.97 Å². The van der Waals surface area contributed by atoms with E-state index >= 15 is 0 Å². The number of oxazole rings is 1. The van der Waals surface area contributed by atoms with Crippen LogP contribution < -0.4 is 9.47 Å². The normalized spacial score (nSPS) is 14.2. The van der Waals surface area contributed by atoms with Gasteiger partial charge in [0.2, 0.25) is 5.89 Å². The van der Waals surface area contributed by atoms with Gasteiger partial charge >= 0.3 is 5.97 Å². The molecule has 0 bridgehead atoms. The zero-order chi connectivity index (χ0) is 18.8. The summed E-state index contributed by atoms with van der Waals surface area (Å²) in [4.78, 5) is 15.8. The summed E-state index contributed by atoms with van der Waals surface area (Å²) in [6.07, 6.45) is 2.22. The third-order valence-corrected chi connectivity index (χ3v) is 4.36. The lowest BCUT2D eigenvalue weighted by molar-refractivity contribution is -0.135. The lowest BCUT2D eigenvalue weighted by Gasteiger charge is -2.10. The standard InChI is InChI=1S/C20H16ClNO5/c21-14-9-12(10-17-19(14)26-7-3-6-25-17)8-13(11-18(23)24)20-22-15-4-1-2-5-16(15)27-20/h1-2,4-5,8-10H,3,6-7,11H2,(H,23,24). The maximum absolute atomic E-state index is 11.4. The van der Waals surface area contributed by atoms with Crippen LogP contribution in [0.3, 0.4) is 0 Å². The number of fused-ring (bicyclic) bond motifs is 2. The van der Waals surface area contributed by atoms with E-state index in [1.54, 1.807) is 24.3 Å². The van der Waals surface area contributed by atoms with Crippen LogP contribution in [0.15, 0.2) is 40.8 Å². The molecule has 2 aromatic carbocycles. The highest BCUT2D eigenvalue weighted by Gasteiger charge is 2.18. The van der Waals surface area contributed by atoms with Crippen LogP contribution in [-0.2, 0) is 4.79 Å². The summed E-state index contributed by atoms with van der Waals surface area (Å²) in [5, 5.41) is 9.71. The second-order valence-corrected chi connectivity index (χ2v) is 6.51. The van der Waals surface area contributed by atoms with E-state index in [0.29, 0.717) is 52.0 Å². The van der Waals surface area contributed by atoms with Crippen molar-refractivity contribution in [3.8, 4) is 11.5 Å². The Morgan fingerprint density at radius 2 is 2.04 bits per heavy atom. The van der Waals surface area contributed by atoms with Gasteiger partial charge in [0.1, 0.15) is 5.52 Å². The Kier molecular flexibility index (Phi) is 4.73. The Morgan fingerprint density at radius 3 is 2.85 bits per heavy atom. The van der Waals surface area contributed by atoms with Crippen LogP contribution in [0, 0.1) is 0 Å². The number of ether oxygens (including phenoxy) is 2. The molecule has 0 saturated carbocycles. The van der Waals surface area contributed by atoms with Gasteiger partial charge in [0.05, 0.1) is 24.7 Å². The van der Waals surface area contributed by atoms with Crippen LogP contribution in [0.2, 0.25) is 5.02 Å². The molecule has 0 fully saturated rings. The van der Waals surface area contributed by atoms with Gasteiger partial charge in [-0.15, -0.1) is 0 Å². The first-order valence-electron chi connectivity index (χ1n) is 8.47. The molecule has 0 atom stereocenters. The molecule has 0 saturated heterocycles. The van der Waals surface area contributed by atoms with E-state index in [1.165, 1.54) is 0 Å². The Balaban J connectivity index is 1.78. The largest absolute Gasteiger partial charge is 0.489 e. The highest BCUT2D eigenvalue weighted by molar-refractivity contribution is 6.32. The predicted octanol–water partition coefficient (Wildman–Crippen LogP) is 4.66. The van der Waals surface area contributed by atoms with Gasteiger partial charge in [0, 0.05) is 12.0 Å². The number of aromatic nitrogens is 1. The smallest absolute Gasteiger partial charge is 0.308 e. The second-order valence-electron chi connectivity index (χ2n) is 6.11. The number of nitrogens with zero attached hydrogens (tertiary/aromatic N) is 1. The van der Waals surface area contributed by atoms with Crippen molar-refractivity contribution >= 4 is 40.3 Å². The average molecular weight is 386 g/mol. The highest BCUT2D eigenvalue weighted by atomic mass is 35.5. The van der Waals surface area contributed by atoms with Crippen LogP contribution in [0.5, 0.6) is 11.5 Å². The van der Waals surface area contributed by atoms with Crippen molar-refractivity contribution in [3.05, 3.63) is 52.9 Å². The fraction of sp³-hybridized carbons (Fsp3) is 0.200. The minimum Gasteiger partial charge on any atom is -0.489 e. The van der Waals surface area contributed by atoms with Gasteiger partial charge in [0.15, 0.2) is 17.1 Å². The number of hydrogen-bond donors (Lipinski definition) is 1. The average Bonchev–Trinajstić information content (AvgIpc) is 2.92. The molecular formula is C20H16ClNO5. The summed E-state index contributed by atoms with van der Waals surface area (Å²) in [6, 6.07) is 10.8. The summed E-state index contributed by atoms with van der Waals surface area (Å²) in [6.45, 7) is 1.07. The maximum atomic E-state index is 11.4. The van der Waals surface area contributed by atoms with Crippen molar-refractivity contribution in [2.24, 2.45) is 0 Å². The van der Waals surface area contributed by atoms with E-state index in [9.17, 15) is 9.90 Å². The Hall–Kier alpha value is -2.99. The van der Waals surface area contributed by atoms with Crippen LogP contribution in [0.25, 0.3) is 22.7 Å². The van der Waals surface area contributed by atoms with Crippen molar-refractivity contribution in [3.63, 3.8) is 0 Å². The molecule has 3 aromatic rings. The van der Waals surface area contributed by atoms with Crippen molar-refractivity contribution in [2.75, 3.05) is 13.2 Å². The number of benzene rings is 2. The number of carbonyl (C=O) groups is 1. The molecule has 6 nitrogen and oxygen atoms in total. The van der Waals surface area contributed by atoms with Gasteiger partial charge in [-0.3, -0.25) is 4.79 Å². The number of aliphatic carboxylic acids is 1. The fourth-order valence-electron chi connectivity index (χ4n) is 2.90. The molecule has 0 unspecified atom stereocenters. The van der Waals surface area contributed by atoms with Gasteiger partial charge in [-0.2, -0.15) is 0 Å². The molecular weight excluding hydrogens is 370 g/mol. The first-order valence-corrected chi connectivity index (χ1v) is 8.85. The Bertz CT molecular complexity index is 1010. The summed E-state index contributed by atoms with van der Waals surface area (Å²) >= 11 is 6.33. The van der Waals surface area contributed by atoms with Crippen LogP contribution in [0.4, 0.5) is 0 Å². The number of halogens is 1. The monoisotopic (exact) mass is 385 g/mol. The number of rotatable bonds is 4. The first-order chi connectivity index (χ1) is 13.1. The van der Waals surface area contributed by atoms with E-state index in [0.717, 1.165) is 6.42 Å². The van der Waals surface area contributed by atoms with Crippen molar-refractivity contribution < 1.29 is 23.8 Å². The second kappa shape index (κ2) is 7.32. The lowest BCUT2D eigenvalue weighted by atomic mass is 10.1. The molecule has 0 spiro atoms. The Morgan fingerprint density at radius 1 is 1.22 bits per heavy atom. The molecule has 1 aliphatic rings. The van der Waals surface area contributed by atoms with Crippen molar-refractivity contribution in [2.45, 2.75) is 12.8 Å².